The molecule has 2 rings (SSSR count). The second kappa shape index (κ2) is 6.95. The summed E-state index contributed by atoms with van der Waals surface area (Å²) in [7, 11) is 0. The van der Waals surface area contributed by atoms with Crippen LogP contribution < -0.4 is 4.74 Å². The lowest BCUT2D eigenvalue weighted by atomic mass is 10.1. The Morgan fingerprint density at radius 1 is 1.20 bits per heavy atom. The molecule has 2 aromatic rings. The van der Waals surface area contributed by atoms with Crippen molar-refractivity contribution < 1.29 is 14.2 Å². The lowest BCUT2D eigenvalue weighted by Gasteiger charge is -2.07. The van der Waals surface area contributed by atoms with Crippen molar-refractivity contribution in [3.05, 3.63) is 64.4 Å². The lowest BCUT2D eigenvalue weighted by molar-refractivity contribution is 0.306. The molecule has 0 aromatic heterocycles. The molecule has 0 fully saturated rings. The Bertz CT molecular complexity index is 659. The van der Waals surface area contributed by atoms with Crippen LogP contribution in [0.5, 0.6) is 5.75 Å². The van der Waals surface area contributed by atoms with Crippen molar-refractivity contribution in [3.8, 4) is 17.6 Å². The minimum Gasteiger partial charge on any atom is -0.489 e. The quantitative estimate of drug-likeness (QED) is 0.878. The average molecular weight is 291 g/mol. The Hall–Kier alpha value is -2.02. The summed E-state index contributed by atoms with van der Waals surface area (Å²) in [6.45, 7) is -0.0168. The number of halogens is 2. The van der Waals surface area contributed by atoms with Gasteiger partial charge in [0.25, 0.3) is 0 Å². The van der Waals surface area contributed by atoms with Gasteiger partial charge >= 0.3 is 0 Å². The van der Waals surface area contributed by atoms with Crippen molar-refractivity contribution in [1.82, 2.24) is 0 Å². The molecule has 0 radical (unpaired) electrons. The normalized spacial score (nSPS) is 9.75. The van der Waals surface area contributed by atoms with Gasteiger partial charge in [0.15, 0.2) is 0 Å². The molecule has 0 bridgehead atoms. The van der Waals surface area contributed by atoms with Crippen LogP contribution in [0.3, 0.4) is 0 Å². The number of aliphatic hydroxyl groups excluding tert-OH is 1. The van der Waals surface area contributed by atoms with Crippen LogP contribution in [0.4, 0.5) is 4.39 Å². The Morgan fingerprint density at radius 3 is 2.80 bits per heavy atom. The first-order chi connectivity index (χ1) is 9.69. The molecule has 2 aromatic carbocycles. The maximum Gasteiger partial charge on any atom is 0.138 e. The number of hydrogen-bond acceptors (Lipinski definition) is 2. The molecule has 0 aliphatic heterocycles. The van der Waals surface area contributed by atoms with Crippen LogP contribution in [0, 0.1) is 17.7 Å². The summed E-state index contributed by atoms with van der Waals surface area (Å²) in [5.41, 5.74) is 1.03. The second-order valence-corrected chi connectivity index (χ2v) is 4.46. The Kier molecular flexibility index (Phi) is 5.00. The molecule has 0 spiro atoms. The van der Waals surface area contributed by atoms with E-state index in [1.165, 1.54) is 6.07 Å². The molecule has 0 unspecified atom stereocenters. The summed E-state index contributed by atoms with van der Waals surface area (Å²) in [6, 6.07) is 11.6. The zero-order valence-electron chi connectivity index (χ0n) is 10.6. The van der Waals surface area contributed by atoms with Gasteiger partial charge < -0.3 is 9.84 Å². The van der Waals surface area contributed by atoms with Crippen LogP contribution in [0.1, 0.15) is 11.1 Å². The largest absolute Gasteiger partial charge is 0.489 e. The first kappa shape index (κ1) is 14.4. The summed E-state index contributed by atoms with van der Waals surface area (Å²) < 4.78 is 19.0. The van der Waals surface area contributed by atoms with Crippen molar-refractivity contribution in [3.63, 3.8) is 0 Å². The van der Waals surface area contributed by atoms with Gasteiger partial charge in [0.05, 0.1) is 5.56 Å². The maximum atomic E-state index is 13.5. The van der Waals surface area contributed by atoms with Crippen molar-refractivity contribution >= 4 is 11.6 Å². The van der Waals surface area contributed by atoms with E-state index in [0.29, 0.717) is 10.8 Å². The lowest BCUT2D eigenvalue weighted by Crippen LogP contribution is -1.97. The van der Waals surface area contributed by atoms with E-state index in [9.17, 15) is 4.39 Å². The van der Waals surface area contributed by atoms with Gasteiger partial charge in [-0.25, -0.2) is 4.39 Å². The van der Waals surface area contributed by atoms with E-state index in [2.05, 4.69) is 11.8 Å². The third-order valence-corrected chi connectivity index (χ3v) is 2.77. The number of ether oxygens (including phenoxy) is 1. The minimum absolute atomic E-state index is 0.242. The molecule has 0 aliphatic rings. The number of benzene rings is 2. The van der Waals surface area contributed by atoms with Gasteiger partial charge in [-0.3, -0.25) is 0 Å². The highest BCUT2D eigenvalue weighted by Crippen LogP contribution is 2.19. The summed E-state index contributed by atoms with van der Waals surface area (Å²) in [5.74, 6) is 5.20. The molecule has 1 N–H and O–H groups in total. The van der Waals surface area contributed by atoms with Gasteiger partial charge in [-0.15, -0.1) is 0 Å². The van der Waals surface area contributed by atoms with Crippen LogP contribution >= 0.6 is 11.6 Å². The Labute approximate surface area is 121 Å². The predicted octanol–water partition coefficient (Wildman–Crippen LogP) is 3.40. The van der Waals surface area contributed by atoms with Gasteiger partial charge in [-0.05, 0) is 35.9 Å². The van der Waals surface area contributed by atoms with Crippen LogP contribution in [-0.4, -0.2) is 11.7 Å². The van der Waals surface area contributed by atoms with Crippen LogP contribution in [-0.2, 0) is 6.61 Å². The molecule has 0 saturated carbocycles. The third-order valence-electron chi connectivity index (χ3n) is 2.53. The highest BCUT2D eigenvalue weighted by Gasteiger charge is 2.02. The van der Waals surface area contributed by atoms with Gasteiger partial charge in [-0.1, -0.05) is 35.6 Å². The molecule has 0 heterocycles. The molecule has 20 heavy (non-hydrogen) atoms. The Morgan fingerprint density at radius 2 is 2.05 bits per heavy atom. The van der Waals surface area contributed by atoms with E-state index in [-0.39, 0.29) is 18.8 Å². The van der Waals surface area contributed by atoms with E-state index in [0.717, 1.165) is 5.56 Å². The predicted molar refractivity (Wildman–Crippen MR) is 76.1 cm³/mol. The zero-order valence-corrected chi connectivity index (χ0v) is 11.3. The molecule has 4 heteroatoms. The van der Waals surface area contributed by atoms with Gasteiger partial charge in [-0.2, -0.15) is 0 Å². The fraction of sp³-hybridized carbons (Fsp3) is 0.125. The fourth-order valence-electron chi connectivity index (χ4n) is 1.62. The van der Waals surface area contributed by atoms with Gasteiger partial charge in [0, 0.05) is 5.02 Å². The van der Waals surface area contributed by atoms with E-state index in [1.807, 2.05) is 0 Å². The van der Waals surface area contributed by atoms with E-state index >= 15 is 0 Å². The Balaban J connectivity index is 2.10. The highest BCUT2D eigenvalue weighted by atomic mass is 35.5. The van der Waals surface area contributed by atoms with Crippen LogP contribution in [0.25, 0.3) is 0 Å². The first-order valence-corrected chi connectivity index (χ1v) is 6.33. The zero-order chi connectivity index (χ0) is 14.4. The van der Waals surface area contributed by atoms with Crippen LogP contribution in [0.2, 0.25) is 5.02 Å². The van der Waals surface area contributed by atoms with Crippen molar-refractivity contribution in [2.45, 2.75) is 6.61 Å². The molecule has 0 atom stereocenters. The molecular formula is C16H12ClFO2. The monoisotopic (exact) mass is 290 g/mol. The van der Waals surface area contributed by atoms with Gasteiger partial charge in [0.1, 0.15) is 24.8 Å². The maximum absolute atomic E-state index is 13.5. The van der Waals surface area contributed by atoms with E-state index in [4.69, 9.17) is 21.4 Å². The summed E-state index contributed by atoms with van der Waals surface area (Å²) >= 11 is 5.86. The topological polar surface area (TPSA) is 29.5 Å². The number of aliphatic hydroxyl groups is 1. The first-order valence-electron chi connectivity index (χ1n) is 5.95. The number of hydrogen-bond donors (Lipinski definition) is 1. The minimum atomic E-state index is -0.419. The molecule has 0 aliphatic carbocycles. The smallest absolute Gasteiger partial charge is 0.138 e. The van der Waals surface area contributed by atoms with E-state index < -0.39 is 5.82 Å². The molecule has 102 valence electrons. The third kappa shape index (κ3) is 3.99. The molecule has 0 saturated heterocycles. The number of rotatable bonds is 3. The van der Waals surface area contributed by atoms with Crippen molar-refractivity contribution in [1.29, 1.82) is 0 Å². The molecular weight excluding hydrogens is 279 g/mol. The van der Waals surface area contributed by atoms with Crippen molar-refractivity contribution in [2.24, 2.45) is 0 Å². The SMILES string of the molecule is OCC#Cc1cc(COc2cccc(Cl)c2)ccc1F. The van der Waals surface area contributed by atoms with Crippen LogP contribution in [0.15, 0.2) is 42.5 Å². The fourth-order valence-corrected chi connectivity index (χ4v) is 1.80. The summed E-state index contributed by atoms with van der Waals surface area (Å²) in [4.78, 5) is 0. The van der Waals surface area contributed by atoms with Crippen molar-refractivity contribution in [2.75, 3.05) is 6.61 Å². The van der Waals surface area contributed by atoms with E-state index in [1.54, 1.807) is 36.4 Å². The average Bonchev–Trinajstić information content (AvgIpc) is 2.45. The van der Waals surface area contributed by atoms with Gasteiger partial charge in [0.2, 0.25) is 0 Å². The molecule has 2 nitrogen and oxygen atoms in total. The molecule has 0 amide bonds. The summed E-state index contributed by atoms with van der Waals surface area (Å²) in [5, 5.41) is 9.23. The second-order valence-electron chi connectivity index (χ2n) is 4.02. The standard InChI is InChI=1S/C16H12ClFO2/c17-14-4-1-5-15(10-14)20-11-12-6-7-16(18)13(9-12)3-2-8-19/h1,4-7,9-10,19H,8,11H2. The summed E-state index contributed by atoms with van der Waals surface area (Å²) in [6.07, 6.45) is 0. The highest BCUT2D eigenvalue weighted by molar-refractivity contribution is 6.30.